The Kier molecular flexibility index (Phi) is 3.30. The summed E-state index contributed by atoms with van der Waals surface area (Å²) in [6.45, 7) is 5.80. The van der Waals surface area contributed by atoms with Crippen LogP contribution in [0.4, 0.5) is 11.6 Å². The number of nitrogens with two attached hydrogens (primary N) is 1. The Balaban J connectivity index is 1.99. The van der Waals surface area contributed by atoms with Crippen LogP contribution in [0.15, 0.2) is 24.3 Å². The van der Waals surface area contributed by atoms with Crippen molar-refractivity contribution in [2.24, 2.45) is 0 Å². The lowest BCUT2D eigenvalue weighted by molar-refractivity contribution is 0.747. The van der Waals surface area contributed by atoms with Crippen molar-refractivity contribution in [3.05, 3.63) is 46.8 Å². The van der Waals surface area contributed by atoms with Gasteiger partial charge in [-0.1, -0.05) is 24.3 Å². The third-order valence-electron chi connectivity index (χ3n) is 3.92. The number of hydrogen-bond donors (Lipinski definition) is 1. The van der Waals surface area contributed by atoms with E-state index in [1.807, 2.05) is 13.8 Å². The number of hydrogen-bond acceptors (Lipinski definition) is 4. The van der Waals surface area contributed by atoms with Crippen LogP contribution in [0.5, 0.6) is 0 Å². The fourth-order valence-corrected chi connectivity index (χ4v) is 2.82. The highest BCUT2D eigenvalue weighted by molar-refractivity contribution is 5.57. The minimum atomic E-state index is 0.588. The summed E-state index contributed by atoms with van der Waals surface area (Å²) in [5.41, 5.74) is 9.80. The van der Waals surface area contributed by atoms with Crippen LogP contribution < -0.4 is 10.6 Å². The molecule has 0 atom stereocenters. The van der Waals surface area contributed by atoms with E-state index in [-0.39, 0.29) is 0 Å². The number of anilines is 2. The van der Waals surface area contributed by atoms with Crippen molar-refractivity contribution in [3.63, 3.8) is 0 Å². The van der Waals surface area contributed by atoms with Crippen LogP contribution in [-0.4, -0.2) is 16.5 Å². The van der Waals surface area contributed by atoms with E-state index in [4.69, 9.17) is 5.73 Å². The fraction of sp³-hybridized carbons (Fsp3) is 0.375. The summed E-state index contributed by atoms with van der Waals surface area (Å²) < 4.78 is 0. The fourth-order valence-electron chi connectivity index (χ4n) is 2.82. The number of aryl methyl sites for hydroxylation is 2. The van der Waals surface area contributed by atoms with Gasteiger partial charge >= 0.3 is 0 Å². The van der Waals surface area contributed by atoms with Crippen LogP contribution in [0.3, 0.4) is 0 Å². The lowest BCUT2D eigenvalue weighted by Gasteiger charge is -2.24. The molecule has 0 aliphatic carbocycles. The van der Waals surface area contributed by atoms with Gasteiger partial charge in [-0.3, -0.25) is 0 Å². The average Bonchev–Trinajstić information content (AvgIpc) is 2.64. The first kappa shape index (κ1) is 12.9. The van der Waals surface area contributed by atoms with Crippen molar-refractivity contribution >= 4 is 11.6 Å². The number of benzene rings is 1. The Bertz CT molecular complexity index is 636. The second kappa shape index (κ2) is 5.12. The van der Waals surface area contributed by atoms with Crippen LogP contribution in [0.1, 0.15) is 28.9 Å². The zero-order valence-electron chi connectivity index (χ0n) is 12.1. The van der Waals surface area contributed by atoms with Gasteiger partial charge in [0.05, 0.1) is 0 Å². The number of nitrogens with zero attached hydrogens (tertiary/aromatic N) is 3. The van der Waals surface area contributed by atoms with Gasteiger partial charge in [0.1, 0.15) is 17.5 Å². The summed E-state index contributed by atoms with van der Waals surface area (Å²) in [6, 6.07) is 8.66. The van der Waals surface area contributed by atoms with E-state index in [2.05, 4.69) is 39.1 Å². The topological polar surface area (TPSA) is 55.0 Å². The van der Waals surface area contributed by atoms with Crippen LogP contribution in [0.25, 0.3) is 0 Å². The maximum Gasteiger partial charge on any atom is 0.137 e. The second-order valence-electron chi connectivity index (χ2n) is 5.40. The van der Waals surface area contributed by atoms with Gasteiger partial charge in [-0.05, 0) is 37.8 Å². The monoisotopic (exact) mass is 268 g/mol. The minimum Gasteiger partial charge on any atom is -0.383 e. The van der Waals surface area contributed by atoms with E-state index < -0.39 is 0 Å². The first-order valence-electron chi connectivity index (χ1n) is 7.07. The molecule has 4 nitrogen and oxygen atoms in total. The zero-order chi connectivity index (χ0) is 14.1. The van der Waals surface area contributed by atoms with Crippen molar-refractivity contribution in [1.29, 1.82) is 0 Å². The predicted molar refractivity (Wildman–Crippen MR) is 81.7 cm³/mol. The summed E-state index contributed by atoms with van der Waals surface area (Å²) in [5, 5.41) is 0. The smallest absolute Gasteiger partial charge is 0.137 e. The third kappa shape index (κ3) is 2.33. The highest BCUT2D eigenvalue weighted by Gasteiger charge is 2.18. The van der Waals surface area contributed by atoms with Crippen molar-refractivity contribution in [2.75, 3.05) is 17.2 Å². The first-order valence-corrected chi connectivity index (χ1v) is 7.07. The van der Waals surface area contributed by atoms with Gasteiger partial charge < -0.3 is 10.6 Å². The molecule has 0 spiro atoms. The molecule has 0 amide bonds. The zero-order valence-corrected chi connectivity index (χ0v) is 12.1. The molecule has 20 heavy (non-hydrogen) atoms. The first-order chi connectivity index (χ1) is 9.65. The summed E-state index contributed by atoms with van der Waals surface area (Å²) in [6.07, 6.45) is 2.27. The van der Waals surface area contributed by atoms with Crippen molar-refractivity contribution in [3.8, 4) is 0 Å². The molecule has 1 aromatic heterocycles. The van der Waals surface area contributed by atoms with E-state index in [1.165, 1.54) is 11.1 Å². The number of fused-ring (bicyclic) bond motifs is 1. The normalized spacial score (nSPS) is 14.8. The van der Waals surface area contributed by atoms with Crippen molar-refractivity contribution in [1.82, 2.24) is 9.97 Å². The molecule has 0 radical (unpaired) electrons. The molecule has 1 aliphatic heterocycles. The molecule has 2 N–H and O–H groups in total. The van der Waals surface area contributed by atoms with E-state index in [9.17, 15) is 0 Å². The molecule has 4 heteroatoms. The average molecular weight is 268 g/mol. The van der Waals surface area contributed by atoms with Crippen LogP contribution in [-0.2, 0) is 13.0 Å². The lowest BCUT2D eigenvalue weighted by atomic mass is 10.0. The molecule has 1 aliphatic rings. The van der Waals surface area contributed by atoms with Gasteiger partial charge in [0.25, 0.3) is 0 Å². The van der Waals surface area contributed by atoms with E-state index in [0.29, 0.717) is 5.82 Å². The van der Waals surface area contributed by atoms with Gasteiger partial charge in [-0.15, -0.1) is 0 Å². The molecular formula is C16H20N4. The highest BCUT2D eigenvalue weighted by Crippen LogP contribution is 2.26. The highest BCUT2D eigenvalue weighted by atomic mass is 15.2. The van der Waals surface area contributed by atoms with E-state index in [1.54, 1.807) is 0 Å². The molecule has 2 heterocycles. The molecule has 3 rings (SSSR count). The Labute approximate surface area is 119 Å². The summed E-state index contributed by atoms with van der Waals surface area (Å²) in [5.74, 6) is 2.30. The minimum absolute atomic E-state index is 0.588. The van der Waals surface area contributed by atoms with Crippen molar-refractivity contribution in [2.45, 2.75) is 33.2 Å². The van der Waals surface area contributed by atoms with Gasteiger partial charge in [-0.25, -0.2) is 9.97 Å². The summed E-state index contributed by atoms with van der Waals surface area (Å²) >= 11 is 0. The molecule has 0 saturated carbocycles. The summed E-state index contributed by atoms with van der Waals surface area (Å²) in [7, 11) is 0. The molecular weight excluding hydrogens is 248 g/mol. The van der Waals surface area contributed by atoms with Gasteiger partial charge in [0, 0.05) is 18.7 Å². The Morgan fingerprint density at radius 1 is 1.10 bits per heavy atom. The number of aromatic nitrogens is 2. The second-order valence-corrected chi connectivity index (χ2v) is 5.40. The van der Waals surface area contributed by atoms with E-state index in [0.717, 1.165) is 43.1 Å². The number of nitrogen functional groups attached to an aromatic ring is 1. The maximum atomic E-state index is 5.98. The molecule has 104 valence electrons. The Morgan fingerprint density at radius 3 is 2.65 bits per heavy atom. The predicted octanol–water partition coefficient (Wildman–Crippen LogP) is 2.63. The molecule has 0 bridgehead atoms. The van der Waals surface area contributed by atoms with Gasteiger partial charge in [0.2, 0.25) is 0 Å². The largest absolute Gasteiger partial charge is 0.383 e. The standard InChI is InChI=1S/C16H20N4/c1-11-15(17)18-12(2)19-16(11)20-9-5-8-13-6-3-4-7-14(13)10-20/h3-4,6-7H,5,8-10H2,1-2H3,(H2,17,18,19). The molecule has 0 saturated heterocycles. The molecule has 0 unspecified atom stereocenters. The van der Waals surface area contributed by atoms with E-state index >= 15 is 0 Å². The maximum absolute atomic E-state index is 5.98. The molecule has 1 aromatic carbocycles. The molecule has 2 aromatic rings. The molecule has 0 fully saturated rings. The third-order valence-corrected chi connectivity index (χ3v) is 3.92. The Hall–Kier alpha value is -2.10. The van der Waals surface area contributed by atoms with Crippen LogP contribution >= 0.6 is 0 Å². The summed E-state index contributed by atoms with van der Waals surface area (Å²) in [4.78, 5) is 11.2. The van der Waals surface area contributed by atoms with Crippen molar-refractivity contribution < 1.29 is 0 Å². The van der Waals surface area contributed by atoms with Crippen LogP contribution in [0, 0.1) is 13.8 Å². The lowest BCUT2D eigenvalue weighted by Crippen LogP contribution is -2.25. The van der Waals surface area contributed by atoms with Gasteiger partial charge in [0.15, 0.2) is 0 Å². The van der Waals surface area contributed by atoms with Crippen LogP contribution in [0.2, 0.25) is 0 Å². The number of rotatable bonds is 1. The van der Waals surface area contributed by atoms with Gasteiger partial charge in [-0.2, -0.15) is 0 Å². The quantitative estimate of drug-likeness (QED) is 0.864. The Morgan fingerprint density at radius 2 is 1.85 bits per heavy atom. The SMILES string of the molecule is Cc1nc(N)c(C)c(N2CCCc3ccccc3C2)n1.